The largest absolute Gasteiger partial charge is 0.415 e. The van der Waals surface area contributed by atoms with Gasteiger partial charge in [-0.15, -0.1) is 0 Å². The number of halogens is 2. The third kappa shape index (κ3) is 4.86. The molecule has 1 aromatic heterocycles. The molecule has 2 amide bonds. The lowest BCUT2D eigenvalue weighted by molar-refractivity contribution is -0.146. The van der Waals surface area contributed by atoms with E-state index in [1.54, 1.807) is 19.1 Å². The Bertz CT molecular complexity index is 1250. The molecule has 0 saturated carbocycles. The first kappa shape index (κ1) is 25.0. The summed E-state index contributed by atoms with van der Waals surface area (Å²) < 4.78 is 53.5. The van der Waals surface area contributed by atoms with Crippen molar-refractivity contribution >= 4 is 27.3 Å². The van der Waals surface area contributed by atoms with Crippen LogP contribution in [-0.2, 0) is 24.8 Å². The molecule has 11 heteroatoms. The maximum Gasteiger partial charge on any atom is 0.388 e. The van der Waals surface area contributed by atoms with Crippen LogP contribution in [0.5, 0.6) is 5.88 Å². The highest BCUT2D eigenvalue weighted by atomic mass is 32.2. The lowest BCUT2D eigenvalue weighted by Crippen LogP contribution is -2.68. The molecular weight excluding hydrogens is 480 g/mol. The monoisotopic (exact) mass is 507 g/mol. The van der Waals surface area contributed by atoms with E-state index in [1.165, 1.54) is 11.0 Å². The Hall–Kier alpha value is -3.08. The van der Waals surface area contributed by atoms with Crippen molar-refractivity contribution < 1.29 is 31.5 Å². The van der Waals surface area contributed by atoms with Crippen LogP contribution in [0.4, 0.5) is 14.5 Å². The van der Waals surface area contributed by atoms with Crippen LogP contribution in [0.3, 0.4) is 0 Å². The number of aryl methyl sites for hydroxylation is 1. The lowest BCUT2D eigenvalue weighted by atomic mass is 9.69. The number of amides is 2. The molecule has 0 spiro atoms. The number of rotatable bonds is 7. The van der Waals surface area contributed by atoms with Gasteiger partial charge in [0.25, 0.3) is 0 Å². The number of carbonyl (C=O) groups excluding carboxylic acids is 2. The number of benzene rings is 1. The topological polar surface area (TPSA) is 106 Å². The maximum absolute atomic E-state index is 13.7. The minimum Gasteiger partial charge on any atom is -0.415 e. The van der Waals surface area contributed by atoms with Gasteiger partial charge in [-0.3, -0.25) is 9.59 Å². The Morgan fingerprint density at radius 2 is 1.80 bits per heavy atom. The van der Waals surface area contributed by atoms with Crippen molar-refractivity contribution in [3.63, 3.8) is 0 Å². The number of sulfone groups is 1. The fourth-order valence-corrected chi connectivity index (χ4v) is 6.06. The van der Waals surface area contributed by atoms with Crippen molar-refractivity contribution in [2.24, 2.45) is 5.92 Å². The van der Waals surface area contributed by atoms with Gasteiger partial charge >= 0.3 is 6.61 Å². The van der Waals surface area contributed by atoms with E-state index < -0.39 is 39.6 Å². The Morgan fingerprint density at radius 1 is 1.14 bits per heavy atom. The molecule has 2 aromatic rings. The van der Waals surface area contributed by atoms with Gasteiger partial charge in [0.2, 0.25) is 17.7 Å². The molecule has 1 N–H and O–H groups in total. The molecule has 0 radical (unpaired) electrons. The van der Waals surface area contributed by atoms with Gasteiger partial charge in [0.15, 0.2) is 9.84 Å². The number of alkyl halides is 2. The quantitative estimate of drug-likeness (QED) is 0.618. The van der Waals surface area contributed by atoms with Crippen LogP contribution in [-0.4, -0.2) is 61.3 Å². The number of carbonyl (C=O) groups is 2. The average Bonchev–Trinajstić information content (AvgIpc) is 2.73. The van der Waals surface area contributed by atoms with Crippen molar-refractivity contribution in [2.75, 3.05) is 29.9 Å². The normalized spacial score (nSPS) is 18.7. The smallest absolute Gasteiger partial charge is 0.388 e. The molecule has 2 saturated heterocycles. The first-order valence-corrected chi connectivity index (χ1v) is 13.1. The Balaban J connectivity index is 1.65. The predicted octanol–water partition coefficient (Wildman–Crippen LogP) is 2.88. The van der Waals surface area contributed by atoms with Gasteiger partial charge in [0.1, 0.15) is 11.1 Å². The highest BCUT2D eigenvalue weighted by molar-refractivity contribution is 7.92. The van der Waals surface area contributed by atoms with Gasteiger partial charge in [-0.25, -0.2) is 13.4 Å². The minimum absolute atomic E-state index is 0.00262. The molecule has 0 bridgehead atoms. The zero-order chi connectivity index (χ0) is 25.5. The minimum atomic E-state index is -3.18. The fourth-order valence-electron chi connectivity index (χ4n) is 4.64. The first-order valence-electron chi connectivity index (χ1n) is 11.2. The number of nitrogens with zero attached hydrogens (tertiary/aromatic N) is 2. The molecule has 2 aliphatic heterocycles. The van der Waals surface area contributed by atoms with E-state index in [4.69, 9.17) is 0 Å². The maximum atomic E-state index is 13.7. The van der Waals surface area contributed by atoms with Gasteiger partial charge in [-0.1, -0.05) is 38.1 Å². The molecule has 0 atom stereocenters. The van der Waals surface area contributed by atoms with Crippen LogP contribution in [0.2, 0.25) is 0 Å². The van der Waals surface area contributed by atoms with Crippen LogP contribution in [0.1, 0.15) is 36.6 Å². The number of aromatic nitrogens is 1. The van der Waals surface area contributed by atoms with Crippen molar-refractivity contribution in [1.29, 1.82) is 0 Å². The second kappa shape index (κ2) is 9.18. The van der Waals surface area contributed by atoms with Crippen molar-refractivity contribution in [1.82, 2.24) is 9.88 Å². The van der Waals surface area contributed by atoms with E-state index in [9.17, 15) is 26.8 Å². The zero-order valence-corrected chi connectivity index (χ0v) is 20.4. The highest BCUT2D eigenvalue weighted by Crippen LogP contribution is 2.41. The summed E-state index contributed by atoms with van der Waals surface area (Å²) in [6.07, 6.45) is 0. The molecule has 0 aliphatic carbocycles. The van der Waals surface area contributed by atoms with E-state index in [-0.39, 0.29) is 42.1 Å². The molecule has 35 heavy (non-hydrogen) atoms. The van der Waals surface area contributed by atoms with Crippen LogP contribution in [0, 0.1) is 12.8 Å². The van der Waals surface area contributed by atoms with Crippen molar-refractivity contribution in [3.05, 3.63) is 53.2 Å². The molecule has 2 fully saturated rings. The molecule has 8 nitrogen and oxygen atoms in total. The predicted molar refractivity (Wildman–Crippen MR) is 125 cm³/mol. The highest BCUT2D eigenvalue weighted by Gasteiger charge is 2.55. The number of pyridine rings is 1. The zero-order valence-electron chi connectivity index (χ0n) is 19.6. The summed E-state index contributed by atoms with van der Waals surface area (Å²) in [6.45, 7) is 2.56. The number of anilines is 1. The molecule has 2 aliphatic rings. The molecule has 3 heterocycles. The SMILES string of the molecule is Cc1ccc(NC(=O)C2(c3ccccc3C(C)C)CN(C(=O)C3CS(=O)(=O)C3)C2)c(OC(F)F)n1. The first-order chi connectivity index (χ1) is 16.4. The van der Waals surface area contributed by atoms with E-state index >= 15 is 0 Å². The summed E-state index contributed by atoms with van der Waals surface area (Å²) in [7, 11) is -3.18. The summed E-state index contributed by atoms with van der Waals surface area (Å²) in [4.78, 5) is 32.0. The third-order valence-electron chi connectivity index (χ3n) is 6.47. The Kier molecular flexibility index (Phi) is 6.56. The van der Waals surface area contributed by atoms with Gasteiger partial charge in [0, 0.05) is 18.8 Å². The summed E-state index contributed by atoms with van der Waals surface area (Å²) >= 11 is 0. The second-order valence-electron chi connectivity index (χ2n) is 9.43. The van der Waals surface area contributed by atoms with Gasteiger partial charge < -0.3 is 15.0 Å². The number of hydrogen-bond acceptors (Lipinski definition) is 6. The molecule has 4 rings (SSSR count). The Labute approximate surface area is 202 Å². The molecule has 1 aromatic carbocycles. The lowest BCUT2D eigenvalue weighted by Gasteiger charge is -2.51. The summed E-state index contributed by atoms with van der Waals surface area (Å²) in [6, 6.07) is 10.4. The van der Waals surface area contributed by atoms with Crippen LogP contribution in [0.25, 0.3) is 0 Å². The van der Waals surface area contributed by atoms with E-state index in [1.807, 2.05) is 32.0 Å². The third-order valence-corrected chi connectivity index (χ3v) is 8.29. The van der Waals surface area contributed by atoms with Gasteiger partial charge in [-0.2, -0.15) is 8.78 Å². The standard InChI is InChI=1S/C24H27F2N3O5S/c1-14(2)17-6-4-5-7-18(17)24(12-29(13-24)21(30)16-10-35(32,33)11-16)22(31)28-19-9-8-15(3)27-20(19)34-23(25)26/h4-9,14,16,23H,10-13H2,1-3H3,(H,28,31). The number of likely N-dealkylation sites (tertiary alicyclic amines) is 1. The van der Waals surface area contributed by atoms with Gasteiger partial charge in [0.05, 0.1) is 17.4 Å². The van der Waals surface area contributed by atoms with Crippen molar-refractivity contribution in [2.45, 2.75) is 38.7 Å². The molecule has 188 valence electrons. The second-order valence-corrected chi connectivity index (χ2v) is 11.6. The number of nitrogens with one attached hydrogen (secondary N) is 1. The van der Waals surface area contributed by atoms with Crippen LogP contribution >= 0.6 is 0 Å². The molecular formula is C24H27F2N3O5S. The fraction of sp³-hybridized carbons (Fsp3) is 0.458. The average molecular weight is 508 g/mol. The van der Waals surface area contributed by atoms with E-state index in [2.05, 4.69) is 15.0 Å². The number of ether oxygens (including phenoxy) is 1. The van der Waals surface area contributed by atoms with Crippen LogP contribution < -0.4 is 10.1 Å². The summed E-state index contributed by atoms with van der Waals surface area (Å²) in [5, 5.41) is 2.69. The van der Waals surface area contributed by atoms with Gasteiger partial charge in [-0.05, 0) is 36.1 Å². The van der Waals surface area contributed by atoms with Crippen LogP contribution in [0.15, 0.2) is 36.4 Å². The van der Waals surface area contributed by atoms with E-state index in [0.717, 1.165) is 11.1 Å². The molecule has 0 unspecified atom stereocenters. The summed E-state index contributed by atoms with van der Waals surface area (Å²) in [5.41, 5.74) is 0.944. The van der Waals surface area contributed by atoms with Crippen molar-refractivity contribution in [3.8, 4) is 5.88 Å². The number of hydrogen-bond donors (Lipinski definition) is 1. The Morgan fingerprint density at radius 3 is 2.40 bits per heavy atom. The van der Waals surface area contributed by atoms with E-state index in [0.29, 0.717) is 5.69 Å². The summed E-state index contributed by atoms with van der Waals surface area (Å²) in [5.74, 6) is -2.08.